The molecule has 1 rings (SSSR count). The third-order valence-corrected chi connectivity index (χ3v) is 2.49. The lowest BCUT2D eigenvalue weighted by atomic mass is 10.1. The molecule has 84 valence electrons. The zero-order valence-corrected chi connectivity index (χ0v) is 9.31. The minimum atomic E-state index is -0.733. The van der Waals surface area contributed by atoms with Crippen LogP contribution in [0.15, 0.2) is 12.4 Å². The van der Waals surface area contributed by atoms with Crippen LogP contribution in [0.2, 0.25) is 0 Å². The third kappa shape index (κ3) is 3.38. The highest BCUT2D eigenvalue weighted by Crippen LogP contribution is 2.09. The van der Waals surface area contributed by atoms with Crippen LogP contribution in [0.3, 0.4) is 0 Å². The van der Waals surface area contributed by atoms with Gasteiger partial charge >= 0.3 is 5.97 Å². The monoisotopic (exact) mass is 210 g/mol. The SMILES string of the molecule is CCCn1ccnc1CCC(C)C(=O)O. The van der Waals surface area contributed by atoms with Gasteiger partial charge in [-0.1, -0.05) is 13.8 Å². The lowest BCUT2D eigenvalue weighted by molar-refractivity contribution is -0.141. The van der Waals surface area contributed by atoms with Gasteiger partial charge in [-0.3, -0.25) is 4.79 Å². The Hall–Kier alpha value is -1.32. The van der Waals surface area contributed by atoms with Crippen LogP contribution >= 0.6 is 0 Å². The molecule has 1 N–H and O–H groups in total. The van der Waals surface area contributed by atoms with E-state index in [1.807, 2.05) is 6.20 Å². The molecule has 1 unspecified atom stereocenters. The first kappa shape index (κ1) is 11.8. The van der Waals surface area contributed by atoms with Crippen molar-refractivity contribution in [3.8, 4) is 0 Å². The smallest absolute Gasteiger partial charge is 0.306 e. The zero-order valence-electron chi connectivity index (χ0n) is 9.31. The third-order valence-electron chi connectivity index (χ3n) is 2.49. The zero-order chi connectivity index (χ0) is 11.3. The molecule has 15 heavy (non-hydrogen) atoms. The maximum absolute atomic E-state index is 10.6. The van der Waals surface area contributed by atoms with Crippen molar-refractivity contribution in [3.05, 3.63) is 18.2 Å². The largest absolute Gasteiger partial charge is 0.481 e. The van der Waals surface area contributed by atoms with E-state index < -0.39 is 5.97 Å². The van der Waals surface area contributed by atoms with Gasteiger partial charge in [-0.2, -0.15) is 0 Å². The quantitative estimate of drug-likeness (QED) is 0.780. The van der Waals surface area contributed by atoms with Crippen molar-refractivity contribution < 1.29 is 9.90 Å². The topological polar surface area (TPSA) is 55.1 Å². The average molecular weight is 210 g/mol. The van der Waals surface area contributed by atoms with Crippen molar-refractivity contribution in [2.75, 3.05) is 0 Å². The van der Waals surface area contributed by atoms with E-state index in [1.54, 1.807) is 13.1 Å². The van der Waals surface area contributed by atoms with Gasteiger partial charge in [-0.05, 0) is 12.8 Å². The van der Waals surface area contributed by atoms with E-state index in [0.29, 0.717) is 6.42 Å². The van der Waals surface area contributed by atoms with Gasteiger partial charge in [0.25, 0.3) is 0 Å². The second-order valence-electron chi connectivity index (χ2n) is 3.81. The number of imidazole rings is 1. The van der Waals surface area contributed by atoms with Crippen molar-refractivity contribution >= 4 is 5.97 Å². The van der Waals surface area contributed by atoms with E-state index in [1.165, 1.54) is 0 Å². The number of carboxylic acid groups (broad SMARTS) is 1. The number of carbonyl (C=O) groups is 1. The minimum absolute atomic E-state index is 0.295. The Kier molecular flexibility index (Phi) is 4.34. The molecule has 0 bridgehead atoms. The van der Waals surface area contributed by atoms with E-state index >= 15 is 0 Å². The fourth-order valence-corrected chi connectivity index (χ4v) is 1.48. The van der Waals surface area contributed by atoms with Gasteiger partial charge in [0.1, 0.15) is 5.82 Å². The molecule has 0 amide bonds. The Bertz CT molecular complexity index is 320. The van der Waals surface area contributed by atoms with Crippen LogP contribution in [0.4, 0.5) is 0 Å². The van der Waals surface area contributed by atoms with E-state index in [0.717, 1.165) is 25.2 Å². The van der Waals surface area contributed by atoms with Crippen LogP contribution < -0.4 is 0 Å². The Morgan fingerprint density at radius 1 is 1.67 bits per heavy atom. The van der Waals surface area contributed by atoms with Gasteiger partial charge in [-0.25, -0.2) is 4.98 Å². The molecule has 1 aromatic rings. The normalized spacial score (nSPS) is 12.7. The van der Waals surface area contributed by atoms with Gasteiger partial charge < -0.3 is 9.67 Å². The van der Waals surface area contributed by atoms with E-state index in [-0.39, 0.29) is 5.92 Å². The number of aryl methyl sites for hydroxylation is 2. The van der Waals surface area contributed by atoms with E-state index in [2.05, 4.69) is 16.5 Å². The van der Waals surface area contributed by atoms with Crippen molar-refractivity contribution in [1.82, 2.24) is 9.55 Å². The van der Waals surface area contributed by atoms with Gasteiger partial charge in [0, 0.05) is 25.4 Å². The molecule has 0 saturated carbocycles. The number of hydrogen-bond donors (Lipinski definition) is 1. The van der Waals surface area contributed by atoms with Crippen LogP contribution in [0.5, 0.6) is 0 Å². The molecule has 0 saturated heterocycles. The van der Waals surface area contributed by atoms with Crippen molar-refractivity contribution in [1.29, 1.82) is 0 Å². The highest BCUT2D eigenvalue weighted by molar-refractivity contribution is 5.69. The highest BCUT2D eigenvalue weighted by Gasteiger charge is 2.12. The predicted octanol–water partition coefficient (Wildman–Crippen LogP) is 1.95. The van der Waals surface area contributed by atoms with Crippen LogP contribution in [-0.4, -0.2) is 20.6 Å². The lowest BCUT2D eigenvalue weighted by Crippen LogP contribution is -2.12. The van der Waals surface area contributed by atoms with E-state index in [9.17, 15) is 4.79 Å². The molecule has 0 aromatic carbocycles. The molecule has 4 heteroatoms. The fourth-order valence-electron chi connectivity index (χ4n) is 1.48. The van der Waals surface area contributed by atoms with Crippen molar-refractivity contribution in [2.45, 2.75) is 39.7 Å². The molecular weight excluding hydrogens is 192 g/mol. The molecule has 0 aliphatic heterocycles. The van der Waals surface area contributed by atoms with Crippen molar-refractivity contribution in [3.63, 3.8) is 0 Å². The number of aliphatic carboxylic acids is 1. The van der Waals surface area contributed by atoms with E-state index in [4.69, 9.17) is 5.11 Å². The average Bonchev–Trinajstić information content (AvgIpc) is 2.62. The number of carboxylic acids is 1. The fraction of sp³-hybridized carbons (Fsp3) is 0.636. The minimum Gasteiger partial charge on any atom is -0.481 e. The predicted molar refractivity (Wildman–Crippen MR) is 57.6 cm³/mol. The summed E-state index contributed by atoms with van der Waals surface area (Å²) in [6.45, 7) is 4.80. The Morgan fingerprint density at radius 2 is 2.40 bits per heavy atom. The number of aromatic nitrogens is 2. The Balaban J connectivity index is 2.49. The molecule has 0 spiro atoms. The second-order valence-corrected chi connectivity index (χ2v) is 3.81. The van der Waals surface area contributed by atoms with Crippen LogP contribution in [0, 0.1) is 5.92 Å². The summed E-state index contributed by atoms with van der Waals surface area (Å²) in [6, 6.07) is 0. The maximum atomic E-state index is 10.6. The van der Waals surface area contributed by atoms with Crippen LogP contribution in [0.1, 0.15) is 32.5 Å². The summed E-state index contributed by atoms with van der Waals surface area (Å²) < 4.78 is 2.09. The van der Waals surface area contributed by atoms with Crippen LogP contribution in [0.25, 0.3) is 0 Å². The second kappa shape index (κ2) is 5.53. The molecule has 1 heterocycles. The van der Waals surface area contributed by atoms with Crippen LogP contribution in [-0.2, 0) is 17.8 Å². The maximum Gasteiger partial charge on any atom is 0.306 e. The molecule has 4 nitrogen and oxygen atoms in total. The first-order valence-corrected chi connectivity index (χ1v) is 5.38. The number of hydrogen-bond acceptors (Lipinski definition) is 2. The number of nitrogens with zero attached hydrogens (tertiary/aromatic N) is 2. The summed E-state index contributed by atoms with van der Waals surface area (Å²) >= 11 is 0. The first-order chi connectivity index (χ1) is 7.15. The summed E-state index contributed by atoms with van der Waals surface area (Å²) in [7, 11) is 0. The molecule has 0 aliphatic rings. The summed E-state index contributed by atoms with van der Waals surface area (Å²) in [5, 5.41) is 8.76. The Morgan fingerprint density at radius 3 is 3.00 bits per heavy atom. The molecule has 0 fully saturated rings. The number of rotatable bonds is 6. The summed E-state index contributed by atoms with van der Waals surface area (Å²) in [5.41, 5.74) is 0. The lowest BCUT2D eigenvalue weighted by Gasteiger charge is -2.08. The van der Waals surface area contributed by atoms with Gasteiger partial charge in [0.05, 0.1) is 5.92 Å². The highest BCUT2D eigenvalue weighted by atomic mass is 16.4. The molecular formula is C11H18N2O2. The standard InChI is InChI=1S/C11H18N2O2/c1-3-7-13-8-6-12-10(13)5-4-9(2)11(14)15/h6,8-9H,3-5,7H2,1-2H3,(H,14,15). The summed E-state index contributed by atoms with van der Waals surface area (Å²) in [4.78, 5) is 14.9. The summed E-state index contributed by atoms with van der Waals surface area (Å²) in [6.07, 6.45) is 6.18. The first-order valence-electron chi connectivity index (χ1n) is 5.38. The Labute approximate surface area is 89.9 Å². The molecule has 0 aliphatic carbocycles. The van der Waals surface area contributed by atoms with Gasteiger partial charge in [-0.15, -0.1) is 0 Å². The molecule has 1 atom stereocenters. The molecule has 1 aromatic heterocycles. The van der Waals surface area contributed by atoms with Crippen molar-refractivity contribution in [2.24, 2.45) is 5.92 Å². The summed E-state index contributed by atoms with van der Waals surface area (Å²) in [5.74, 6) is -0.0367. The van der Waals surface area contributed by atoms with Gasteiger partial charge in [0.2, 0.25) is 0 Å². The molecule has 0 radical (unpaired) electrons. The van der Waals surface area contributed by atoms with Gasteiger partial charge in [0.15, 0.2) is 0 Å².